The molecule has 15 heteroatoms. The van der Waals surface area contributed by atoms with Gasteiger partial charge < -0.3 is 24.2 Å². The number of hydrogen-bond donors (Lipinski definition) is 3. The fourth-order valence-corrected chi connectivity index (χ4v) is 4.73. The molecule has 1 saturated heterocycles. The molecule has 0 radical (unpaired) electrons. The van der Waals surface area contributed by atoms with Crippen molar-refractivity contribution in [2.24, 2.45) is 0 Å². The predicted molar refractivity (Wildman–Crippen MR) is 127 cm³/mol. The Bertz CT molecular complexity index is 1360. The van der Waals surface area contributed by atoms with Gasteiger partial charge in [0.15, 0.2) is 17.9 Å². The van der Waals surface area contributed by atoms with Crippen molar-refractivity contribution in [1.82, 2.24) is 9.55 Å². The number of benzene rings is 1. The molecule has 0 saturated carbocycles. The summed E-state index contributed by atoms with van der Waals surface area (Å²) < 4.78 is 54.3. The van der Waals surface area contributed by atoms with E-state index in [9.17, 15) is 33.6 Å². The number of ether oxygens (including phenoxy) is 2. The third-order valence-electron chi connectivity index (χ3n) is 5.22. The lowest BCUT2D eigenvalue weighted by Crippen LogP contribution is -2.48. The number of H-pyrrole nitrogens is 1. The number of hydrogen-bond acceptors (Lipinski definition) is 11. The van der Waals surface area contributed by atoms with Crippen LogP contribution in [0.2, 0.25) is 0 Å². The summed E-state index contributed by atoms with van der Waals surface area (Å²) >= 11 is 0. The van der Waals surface area contributed by atoms with Gasteiger partial charge in [-0.1, -0.05) is 24.1 Å². The molecular weight excluding hydrogens is 530 g/mol. The lowest BCUT2D eigenvalue weighted by molar-refractivity contribution is -0.156. The van der Waals surface area contributed by atoms with E-state index in [1.807, 2.05) is 5.92 Å². The zero-order valence-electron chi connectivity index (χ0n) is 20.5. The van der Waals surface area contributed by atoms with Crippen LogP contribution in [0.5, 0.6) is 5.75 Å². The highest BCUT2D eigenvalue weighted by Gasteiger charge is 2.56. The van der Waals surface area contributed by atoms with Gasteiger partial charge in [-0.25, -0.2) is 14.2 Å². The largest absolute Gasteiger partial charge is 0.530 e. The van der Waals surface area contributed by atoms with Crippen molar-refractivity contribution in [2.75, 3.05) is 6.61 Å². The van der Waals surface area contributed by atoms with Crippen LogP contribution in [0.4, 0.5) is 4.39 Å². The molecule has 13 nitrogen and oxygen atoms in total. The van der Waals surface area contributed by atoms with Crippen molar-refractivity contribution in [2.45, 2.75) is 57.0 Å². The number of rotatable bonds is 10. The highest BCUT2D eigenvalue weighted by atomic mass is 31.2. The van der Waals surface area contributed by atoms with Crippen LogP contribution in [0.15, 0.2) is 46.1 Å². The molecule has 0 spiro atoms. The highest BCUT2D eigenvalue weighted by molar-refractivity contribution is 7.49. The average molecular weight is 556 g/mol. The Balaban J connectivity index is 1.86. The second-order valence-corrected chi connectivity index (χ2v) is 10.0. The standard InChI is InChI=1S/C23H26FN2O11P/c1-5-23(31)18(27)17(35-21(23)26-11-16(24)19(28)25-22(26)30)12-33-38(32,37-15-9-7-6-8-10-15)36-14(4)20(29)34-13(2)3/h1,6-11,13-14,17-18,21,27,31H,12H2,2-4H3,(H,25,28,30)/t14-,17+,18-,21+,23?,38?/m0/s1. The molecule has 1 aliphatic heterocycles. The van der Waals surface area contributed by atoms with Crippen LogP contribution >= 0.6 is 7.82 Å². The van der Waals surface area contributed by atoms with E-state index in [1.165, 1.54) is 19.1 Å². The molecule has 1 aromatic carbocycles. The van der Waals surface area contributed by atoms with Crippen LogP contribution in [-0.4, -0.2) is 62.4 Å². The first kappa shape index (κ1) is 29.2. The highest BCUT2D eigenvalue weighted by Crippen LogP contribution is 2.51. The number of phosphoric acid groups is 1. The summed E-state index contributed by atoms with van der Waals surface area (Å²) in [7, 11) is -4.64. The number of terminal acetylenes is 1. The Morgan fingerprint density at radius 2 is 1.97 bits per heavy atom. The lowest BCUT2D eigenvalue weighted by Gasteiger charge is -2.26. The Labute approximate surface area is 215 Å². The van der Waals surface area contributed by atoms with Crippen molar-refractivity contribution < 1.29 is 47.0 Å². The number of esters is 1. The number of aromatic amines is 1. The van der Waals surface area contributed by atoms with Gasteiger partial charge in [-0.3, -0.25) is 23.4 Å². The van der Waals surface area contributed by atoms with Gasteiger partial charge in [-0.15, -0.1) is 6.42 Å². The van der Waals surface area contributed by atoms with Gasteiger partial charge in [0, 0.05) is 0 Å². The van der Waals surface area contributed by atoms with E-state index in [0.29, 0.717) is 10.8 Å². The minimum Gasteiger partial charge on any atom is -0.461 e. The molecule has 3 rings (SSSR count). The molecule has 38 heavy (non-hydrogen) atoms. The van der Waals surface area contributed by atoms with E-state index in [0.717, 1.165) is 0 Å². The molecule has 2 heterocycles. The molecule has 6 atom stereocenters. The maximum Gasteiger partial charge on any atom is 0.530 e. The Hall–Kier alpha value is -3.31. The van der Waals surface area contributed by atoms with Crippen LogP contribution in [-0.2, 0) is 27.9 Å². The van der Waals surface area contributed by atoms with Crippen molar-refractivity contribution in [3.8, 4) is 18.1 Å². The predicted octanol–water partition coefficient (Wildman–Crippen LogP) is 0.859. The van der Waals surface area contributed by atoms with E-state index >= 15 is 0 Å². The third kappa shape index (κ3) is 6.39. The molecule has 1 fully saturated rings. The molecule has 1 aromatic heterocycles. The SMILES string of the molecule is C#CC1(O)[C@@H](O)[C@@H](COP(=O)(Oc2ccccc2)O[C@@H](C)C(=O)OC(C)C)O[C@H]1n1cc(F)c(=O)[nH]c1=O. The first-order valence-electron chi connectivity index (χ1n) is 11.2. The fraction of sp³-hybridized carbons (Fsp3) is 0.435. The smallest absolute Gasteiger partial charge is 0.461 e. The molecule has 0 amide bonds. The topological polar surface area (TPSA) is 176 Å². The Kier molecular flexibility index (Phi) is 8.94. The van der Waals surface area contributed by atoms with E-state index in [4.69, 9.17) is 29.5 Å². The van der Waals surface area contributed by atoms with Gasteiger partial charge >= 0.3 is 19.5 Å². The van der Waals surface area contributed by atoms with Crippen molar-refractivity contribution in [1.29, 1.82) is 0 Å². The molecule has 2 aromatic rings. The van der Waals surface area contributed by atoms with Crippen molar-refractivity contribution in [3.63, 3.8) is 0 Å². The average Bonchev–Trinajstić information content (AvgIpc) is 3.10. The first-order valence-corrected chi connectivity index (χ1v) is 12.7. The van der Waals surface area contributed by atoms with Crippen molar-refractivity contribution in [3.05, 3.63) is 63.2 Å². The number of halogens is 1. The Morgan fingerprint density at radius 3 is 2.58 bits per heavy atom. The number of aliphatic hydroxyl groups is 2. The van der Waals surface area contributed by atoms with E-state index < -0.39 is 73.7 Å². The van der Waals surface area contributed by atoms with E-state index in [2.05, 4.69) is 0 Å². The van der Waals surface area contributed by atoms with Crippen LogP contribution in [0.1, 0.15) is 27.0 Å². The molecule has 3 N–H and O–H groups in total. The quantitative estimate of drug-likeness (QED) is 0.215. The molecule has 0 aliphatic carbocycles. The summed E-state index contributed by atoms with van der Waals surface area (Å²) in [5, 5.41) is 21.6. The normalized spacial score (nSPS) is 25.4. The number of para-hydroxylation sites is 1. The minimum absolute atomic E-state index is 0.0430. The summed E-state index contributed by atoms with van der Waals surface area (Å²) in [4.78, 5) is 37.5. The Morgan fingerprint density at radius 1 is 1.32 bits per heavy atom. The zero-order valence-corrected chi connectivity index (χ0v) is 21.4. The van der Waals surface area contributed by atoms with E-state index in [1.54, 1.807) is 37.0 Å². The van der Waals surface area contributed by atoms with Crippen LogP contribution in [0.3, 0.4) is 0 Å². The third-order valence-corrected chi connectivity index (χ3v) is 6.69. The minimum atomic E-state index is -4.64. The molecule has 1 aliphatic rings. The summed E-state index contributed by atoms with van der Waals surface area (Å²) in [5.41, 5.74) is -5.12. The lowest BCUT2D eigenvalue weighted by atomic mass is 9.95. The number of nitrogens with one attached hydrogen (secondary N) is 1. The second-order valence-electron chi connectivity index (χ2n) is 8.47. The second kappa shape index (κ2) is 11.6. The monoisotopic (exact) mass is 556 g/mol. The molecule has 2 unspecified atom stereocenters. The van der Waals surface area contributed by atoms with E-state index in [-0.39, 0.29) is 5.75 Å². The van der Waals surface area contributed by atoms with Gasteiger partial charge in [-0.05, 0) is 32.9 Å². The summed E-state index contributed by atoms with van der Waals surface area (Å²) in [6.07, 6.45) is -1.52. The van der Waals surface area contributed by atoms with Crippen LogP contribution < -0.4 is 15.8 Å². The number of carbonyl (C=O) groups excluding carboxylic acids is 1. The van der Waals surface area contributed by atoms with Gasteiger partial charge in [-0.2, -0.15) is 4.39 Å². The fourth-order valence-electron chi connectivity index (χ4n) is 3.39. The van der Waals surface area contributed by atoms with Gasteiger partial charge in [0.25, 0.3) is 5.56 Å². The maximum absolute atomic E-state index is 13.9. The van der Waals surface area contributed by atoms with Gasteiger partial charge in [0.1, 0.15) is 18.0 Å². The van der Waals surface area contributed by atoms with Crippen LogP contribution in [0, 0.1) is 18.2 Å². The van der Waals surface area contributed by atoms with Gasteiger partial charge in [0.05, 0.1) is 18.9 Å². The summed E-state index contributed by atoms with van der Waals surface area (Å²) in [6.45, 7) is 3.64. The number of phosphoric ester groups is 1. The first-order chi connectivity index (χ1) is 17.8. The van der Waals surface area contributed by atoms with Crippen LogP contribution in [0.25, 0.3) is 0 Å². The maximum atomic E-state index is 13.9. The number of nitrogens with zero attached hydrogens (tertiary/aromatic N) is 1. The summed E-state index contributed by atoms with van der Waals surface area (Å²) in [5.74, 6) is -0.319. The van der Waals surface area contributed by atoms with Gasteiger partial charge in [0.2, 0.25) is 5.82 Å². The number of aliphatic hydroxyl groups excluding tert-OH is 1. The molecule has 206 valence electrons. The molecule has 0 bridgehead atoms. The van der Waals surface area contributed by atoms with Crippen molar-refractivity contribution >= 4 is 13.8 Å². The number of carbonyl (C=O) groups is 1. The summed E-state index contributed by atoms with van der Waals surface area (Å²) in [6, 6.07) is 7.66. The zero-order chi connectivity index (χ0) is 28.3. The molecular formula is C23H26FN2O11P. The number of aromatic nitrogens is 2.